The van der Waals surface area contributed by atoms with Gasteiger partial charge in [0.1, 0.15) is 11.9 Å². The van der Waals surface area contributed by atoms with Gasteiger partial charge in [-0.2, -0.15) is 13.2 Å². The first-order chi connectivity index (χ1) is 19.2. The van der Waals surface area contributed by atoms with E-state index in [2.05, 4.69) is 30.9 Å². The fourth-order valence-electron chi connectivity index (χ4n) is 4.58. The molecule has 1 aliphatic heterocycles. The molecule has 0 spiro atoms. The lowest BCUT2D eigenvalue weighted by atomic mass is 10.0. The van der Waals surface area contributed by atoms with Crippen LogP contribution in [0, 0.1) is 6.92 Å². The first kappa shape index (κ1) is 30.2. The Balaban J connectivity index is 0.00000387. The SMILES string of the molecule is Cc1ccc2c(NCC(O)C(F)(F)F)cccc2c1Oc1ncccc1-c1ccnc(N[C@@H]2CNC[C@@H](F)C2)n1.Cl. The molecule has 0 amide bonds. The molecule has 1 aliphatic rings. The van der Waals surface area contributed by atoms with Crippen LogP contribution in [0.15, 0.2) is 60.9 Å². The number of rotatable bonds is 8. The molecule has 2 aromatic heterocycles. The number of benzene rings is 2. The van der Waals surface area contributed by atoms with Gasteiger partial charge in [-0.05, 0) is 36.8 Å². The maximum Gasteiger partial charge on any atom is 0.416 e. The second-order valence-corrected chi connectivity index (χ2v) is 9.61. The number of aliphatic hydroxyl groups excluding tert-OH is 1. The zero-order chi connectivity index (χ0) is 28.3. The van der Waals surface area contributed by atoms with Crippen molar-refractivity contribution in [3.05, 3.63) is 66.5 Å². The highest BCUT2D eigenvalue weighted by molar-refractivity contribution is 5.98. The number of aliphatic hydroxyl groups is 1. The van der Waals surface area contributed by atoms with Crippen LogP contribution in [0.25, 0.3) is 22.0 Å². The van der Waals surface area contributed by atoms with Crippen LogP contribution in [0.4, 0.5) is 29.2 Å². The summed E-state index contributed by atoms with van der Waals surface area (Å²) in [4.78, 5) is 13.3. The number of nitrogens with one attached hydrogen (secondary N) is 3. The lowest BCUT2D eigenvalue weighted by Gasteiger charge is -2.26. The van der Waals surface area contributed by atoms with Gasteiger partial charge in [0.15, 0.2) is 6.10 Å². The van der Waals surface area contributed by atoms with Crippen molar-refractivity contribution < 1.29 is 27.4 Å². The van der Waals surface area contributed by atoms with Crippen molar-refractivity contribution in [3.8, 4) is 22.9 Å². The van der Waals surface area contributed by atoms with E-state index in [9.17, 15) is 22.7 Å². The number of piperidine rings is 1. The standard InChI is InChI=1S/C28H28F4N6O2.ClH/c1-16-7-8-19-20(4-2-6-22(19)36-15-24(39)28(30,31)32)25(16)40-26-21(5-3-10-34-26)23-9-11-35-27(38-23)37-18-12-17(29)13-33-14-18;/h2-11,17-18,24,33,36,39H,12-15H2,1H3,(H,35,37,38);1H/t17-,18-,24?;/m0./s1. The molecule has 4 N–H and O–H groups in total. The molecule has 8 nitrogen and oxygen atoms in total. The van der Waals surface area contributed by atoms with Gasteiger partial charge in [-0.15, -0.1) is 12.4 Å². The van der Waals surface area contributed by atoms with Crippen molar-refractivity contribution in [1.82, 2.24) is 20.3 Å². The predicted octanol–water partition coefficient (Wildman–Crippen LogP) is 5.66. The van der Waals surface area contributed by atoms with Crippen LogP contribution in [-0.2, 0) is 0 Å². The van der Waals surface area contributed by atoms with E-state index in [-0.39, 0.29) is 24.3 Å². The molecule has 218 valence electrons. The molecule has 2 aromatic carbocycles. The third kappa shape index (κ3) is 7.13. The second-order valence-electron chi connectivity index (χ2n) is 9.61. The number of alkyl halides is 4. The van der Waals surface area contributed by atoms with Crippen LogP contribution in [0.2, 0.25) is 0 Å². The molecule has 4 aromatic rings. The highest BCUT2D eigenvalue weighted by atomic mass is 35.5. The minimum Gasteiger partial charge on any atom is -0.437 e. The molecule has 13 heteroatoms. The van der Waals surface area contributed by atoms with E-state index in [1.54, 1.807) is 60.9 Å². The van der Waals surface area contributed by atoms with Crippen molar-refractivity contribution in [1.29, 1.82) is 0 Å². The number of hydrogen-bond acceptors (Lipinski definition) is 8. The first-order valence-corrected chi connectivity index (χ1v) is 12.8. The van der Waals surface area contributed by atoms with Crippen molar-refractivity contribution >= 4 is 34.8 Å². The van der Waals surface area contributed by atoms with Gasteiger partial charge in [0.25, 0.3) is 0 Å². The molecule has 0 saturated carbocycles. The van der Waals surface area contributed by atoms with Crippen molar-refractivity contribution in [2.24, 2.45) is 0 Å². The summed E-state index contributed by atoms with van der Waals surface area (Å²) >= 11 is 0. The minimum absolute atomic E-state index is 0. The van der Waals surface area contributed by atoms with Crippen molar-refractivity contribution in [2.75, 3.05) is 30.3 Å². The van der Waals surface area contributed by atoms with Gasteiger partial charge >= 0.3 is 6.18 Å². The number of fused-ring (bicyclic) bond motifs is 1. The van der Waals surface area contributed by atoms with Crippen LogP contribution < -0.4 is 20.7 Å². The summed E-state index contributed by atoms with van der Waals surface area (Å²) in [5.41, 5.74) is 2.35. The van der Waals surface area contributed by atoms with E-state index >= 15 is 0 Å². The van der Waals surface area contributed by atoms with Gasteiger partial charge in [0.2, 0.25) is 11.8 Å². The monoisotopic (exact) mass is 592 g/mol. The highest BCUT2D eigenvalue weighted by Crippen LogP contribution is 2.38. The predicted molar refractivity (Wildman–Crippen MR) is 152 cm³/mol. The highest BCUT2D eigenvalue weighted by Gasteiger charge is 2.37. The number of halogens is 5. The molecule has 1 fully saturated rings. The molecule has 0 bridgehead atoms. The van der Waals surface area contributed by atoms with Gasteiger partial charge in [0.05, 0.1) is 11.3 Å². The van der Waals surface area contributed by atoms with Crippen LogP contribution in [-0.4, -0.2) is 64.2 Å². The van der Waals surface area contributed by atoms with Crippen LogP contribution in [0.1, 0.15) is 12.0 Å². The van der Waals surface area contributed by atoms with Crippen LogP contribution in [0.5, 0.6) is 11.6 Å². The third-order valence-electron chi connectivity index (χ3n) is 6.60. The van der Waals surface area contributed by atoms with Gasteiger partial charge in [0, 0.05) is 61.0 Å². The molecule has 1 saturated heterocycles. The molecule has 3 heterocycles. The lowest BCUT2D eigenvalue weighted by Crippen LogP contribution is -2.44. The summed E-state index contributed by atoms with van der Waals surface area (Å²) in [6, 6.07) is 13.8. The Kier molecular flexibility index (Phi) is 9.46. The fourth-order valence-corrected chi connectivity index (χ4v) is 4.58. The zero-order valence-electron chi connectivity index (χ0n) is 22.0. The Hall–Kier alpha value is -3.74. The van der Waals surface area contributed by atoms with Gasteiger partial charge in [-0.25, -0.2) is 19.3 Å². The summed E-state index contributed by atoms with van der Waals surface area (Å²) in [6.45, 7) is 2.09. The van der Waals surface area contributed by atoms with Crippen molar-refractivity contribution in [2.45, 2.75) is 37.8 Å². The molecule has 1 unspecified atom stereocenters. The quantitative estimate of drug-likeness (QED) is 0.194. The zero-order valence-corrected chi connectivity index (χ0v) is 22.8. The minimum atomic E-state index is -4.73. The topological polar surface area (TPSA) is 104 Å². The lowest BCUT2D eigenvalue weighted by molar-refractivity contribution is -0.198. The van der Waals surface area contributed by atoms with Crippen molar-refractivity contribution in [3.63, 3.8) is 0 Å². The van der Waals surface area contributed by atoms with E-state index in [1.165, 1.54) is 0 Å². The van der Waals surface area contributed by atoms with E-state index in [1.807, 2.05) is 6.92 Å². The average Bonchev–Trinajstić information content (AvgIpc) is 2.93. The number of anilines is 2. The number of ether oxygens (including phenoxy) is 1. The second kappa shape index (κ2) is 12.8. The smallest absolute Gasteiger partial charge is 0.416 e. The molecule has 0 radical (unpaired) electrons. The fraction of sp³-hybridized carbons (Fsp3) is 0.321. The molecular formula is C28H29ClF4N6O2. The first-order valence-electron chi connectivity index (χ1n) is 12.8. The van der Waals surface area contributed by atoms with E-state index in [0.29, 0.717) is 58.9 Å². The van der Waals surface area contributed by atoms with Crippen LogP contribution >= 0.6 is 12.4 Å². The number of hydrogen-bond donors (Lipinski definition) is 4. The summed E-state index contributed by atoms with van der Waals surface area (Å²) in [5, 5.41) is 19.6. The van der Waals surface area contributed by atoms with Gasteiger partial charge in [-0.1, -0.05) is 24.3 Å². The number of pyridine rings is 1. The number of aryl methyl sites for hydroxylation is 1. The largest absolute Gasteiger partial charge is 0.437 e. The summed E-state index contributed by atoms with van der Waals surface area (Å²) < 4.78 is 58.6. The number of nitrogens with zero attached hydrogens (tertiary/aromatic N) is 3. The average molecular weight is 593 g/mol. The van der Waals surface area contributed by atoms with E-state index < -0.39 is 25.0 Å². The molecule has 41 heavy (non-hydrogen) atoms. The van der Waals surface area contributed by atoms with E-state index in [4.69, 9.17) is 4.74 Å². The Bertz CT molecular complexity index is 1490. The summed E-state index contributed by atoms with van der Waals surface area (Å²) in [5.74, 6) is 1.11. The van der Waals surface area contributed by atoms with Gasteiger partial charge in [-0.3, -0.25) is 0 Å². The summed E-state index contributed by atoms with van der Waals surface area (Å²) in [7, 11) is 0. The Labute approximate surface area is 240 Å². The molecular weight excluding hydrogens is 564 g/mol. The maximum absolute atomic E-state index is 13.8. The Morgan fingerprint density at radius 2 is 1.88 bits per heavy atom. The van der Waals surface area contributed by atoms with E-state index in [0.717, 1.165) is 5.56 Å². The number of aromatic nitrogens is 3. The molecule has 5 rings (SSSR count). The molecule has 3 atom stereocenters. The normalized spacial score (nSPS) is 17.9. The van der Waals surface area contributed by atoms with Gasteiger partial charge < -0.3 is 25.8 Å². The molecule has 0 aliphatic carbocycles. The Morgan fingerprint density at radius 1 is 1.05 bits per heavy atom. The summed E-state index contributed by atoms with van der Waals surface area (Å²) in [6.07, 6.45) is -4.63. The maximum atomic E-state index is 13.8. The third-order valence-corrected chi connectivity index (χ3v) is 6.60. The van der Waals surface area contributed by atoms with Crippen LogP contribution in [0.3, 0.4) is 0 Å². The Morgan fingerprint density at radius 3 is 2.66 bits per heavy atom.